The highest BCUT2D eigenvalue weighted by atomic mass is 16.7. The highest BCUT2D eigenvalue weighted by molar-refractivity contribution is 5.76. The Kier molecular flexibility index (Phi) is 30.4. The van der Waals surface area contributed by atoms with Crippen LogP contribution in [-0.2, 0) is 14.3 Å². The van der Waals surface area contributed by atoms with Gasteiger partial charge in [-0.25, -0.2) is 0 Å². The summed E-state index contributed by atoms with van der Waals surface area (Å²) in [6, 6.07) is -0.816. The minimum atomic E-state index is -1.57. The third-order valence-electron chi connectivity index (χ3n) is 9.04. The number of unbranched alkanes of at least 4 members (excludes halogenated alkanes) is 11. The number of aliphatic hydroxyl groups excluding tert-OH is 5. The van der Waals surface area contributed by atoms with Crippen LogP contribution in [0.1, 0.15) is 136 Å². The van der Waals surface area contributed by atoms with Crippen molar-refractivity contribution >= 4 is 5.91 Å². The number of hydrogen-bond donors (Lipinski definition) is 6. The van der Waals surface area contributed by atoms with Crippen molar-refractivity contribution in [3.05, 3.63) is 72.9 Å². The van der Waals surface area contributed by atoms with Crippen LogP contribution in [0.2, 0.25) is 0 Å². The van der Waals surface area contributed by atoms with Crippen LogP contribution in [0.3, 0.4) is 0 Å². The predicted molar refractivity (Wildman–Crippen MR) is 212 cm³/mol. The number of aliphatic hydroxyl groups is 5. The van der Waals surface area contributed by atoms with Gasteiger partial charge in [0.2, 0.25) is 5.91 Å². The van der Waals surface area contributed by atoms with Crippen molar-refractivity contribution < 1.29 is 39.8 Å². The molecule has 6 N–H and O–H groups in total. The minimum absolute atomic E-state index is 0.202. The molecule has 1 amide bonds. The second-order valence-corrected chi connectivity index (χ2v) is 13.7. The normalized spacial score (nSPS) is 22.6. The lowest BCUT2D eigenvalue weighted by atomic mass is 9.99. The molecule has 298 valence electrons. The quantitative estimate of drug-likeness (QED) is 0.0319. The molecule has 9 nitrogen and oxygen atoms in total. The number of rotatable bonds is 31. The summed E-state index contributed by atoms with van der Waals surface area (Å²) in [7, 11) is 0. The molecule has 7 atom stereocenters. The maximum Gasteiger partial charge on any atom is 0.220 e. The third-order valence-corrected chi connectivity index (χ3v) is 9.04. The zero-order valence-corrected chi connectivity index (χ0v) is 32.3. The maximum absolute atomic E-state index is 12.9. The Morgan fingerprint density at radius 2 is 1.19 bits per heavy atom. The van der Waals surface area contributed by atoms with Crippen LogP contribution < -0.4 is 5.32 Å². The van der Waals surface area contributed by atoms with Crippen molar-refractivity contribution in [2.45, 2.75) is 179 Å². The van der Waals surface area contributed by atoms with Gasteiger partial charge in [-0.3, -0.25) is 4.79 Å². The van der Waals surface area contributed by atoms with Gasteiger partial charge in [0.25, 0.3) is 0 Å². The standard InChI is InChI=1S/C43H73NO8/c1-3-5-7-9-11-13-14-15-16-17-18-19-20-21-22-23-24-25-27-29-31-33-39(47)44-36(37(46)32-30-28-26-12-10-8-6-4-2)35-51-43-42(50)41(49)40(48)38(34-45)52-43/h5,7,11,13,15-16,18-19,21-22,30,32,36-38,40-43,45-46,48-50H,3-4,6,8-10,12,14,17,20,23-29,31,33-35H2,1-2H3,(H,44,47)/b7-5-,13-11-,16-15-,19-18-,22-21-,32-30+. The van der Waals surface area contributed by atoms with Crippen molar-refractivity contribution in [3.8, 4) is 0 Å². The second kappa shape index (κ2) is 33.2. The van der Waals surface area contributed by atoms with E-state index in [2.05, 4.69) is 79.9 Å². The molecule has 7 unspecified atom stereocenters. The molecule has 9 heteroatoms. The van der Waals surface area contributed by atoms with Crippen LogP contribution in [0.4, 0.5) is 0 Å². The molecule has 0 aromatic carbocycles. The molecule has 1 saturated heterocycles. The first-order valence-corrected chi connectivity index (χ1v) is 20.2. The molecule has 0 radical (unpaired) electrons. The molecular formula is C43H73NO8. The molecule has 0 saturated carbocycles. The average molecular weight is 732 g/mol. The average Bonchev–Trinajstić information content (AvgIpc) is 3.14. The van der Waals surface area contributed by atoms with E-state index < -0.39 is 49.5 Å². The zero-order chi connectivity index (χ0) is 38.1. The molecule has 52 heavy (non-hydrogen) atoms. The van der Waals surface area contributed by atoms with Crippen LogP contribution >= 0.6 is 0 Å². The number of carbonyl (C=O) groups is 1. The highest BCUT2D eigenvalue weighted by Crippen LogP contribution is 2.22. The Hall–Kier alpha value is -2.37. The molecular weight excluding hydrogens is 658 g/mol. The third kappa shape index (κ3) is 24.0. The summed E-state index contributed by atoms with van der Waals surface area (Å²) in [5.41, 5.74) is 0. The molecule has 0 bridgehead atoms. The molecule has 1 heterocycles. The Balaban J connectivity index is 2.36. The zero-order valence-electron chi connectivity index (χ0n) is 32.3. The lowest BCUT2D eigenvalue weighted by Crippen LogP contribution is -2.60. The summed E-state index contributed by atoms with van der Waals surface area (Å²) >= 11 is 0. The van der Waals surface area contributed by atoms with Crippen molar-refractivity contribution in [3.63, 3.8) is 0 Å². The Labute approximate surface area is 315 Å². The van der Waals surface area contributed by atoms with Gasteiger partial charge in [-0.15, -0.1) is 0 Å². The van der Waals surface area contributed by atoms with Gasteiger partial charge in [0.05, 0.1) is 25.4 Å². The summed E-state index contributed by atoms with van der Waals surface area (Å²) in [5, 5.41) is 53.8. The number of carbonyl (C=O) groups excluding carboxylic acids is 1. The number of allylic oxidation sites excluding steroid dienone is 11. The van der Waals surface area contributed by atoms with E-state index in [0.29, 0.717) is 6.42 Å². The fraction of sp³-hybridized carbons (Fsp3) is 0.698. The largest absolute Gasteiger partial charge is 0.394 e. The van der Waals surface area contributed by atoms with E-state index >= 15 is 0 Å². The van der Waals surface area contributed by atoms with Crippen molar-refractivity contribution in [1.82, 2.24) is 5.32 Å². The Morgan fingerprint density at radius 1 is 0.673 bits per heavy atom. The van der Waals surface area contributed by atoms with Gasteiger partial charge in [0.15, 0.2) is 6.29 Å². The summed E-state index contributed by atoms with van der Waals surface area (Å²) in [4.78, 5) is 12.9. The van der Waals surface area contributed by atoms with Gasteiger partial charge >= 0.3 is 0 Å². The summed E-state index contributed by atoms with van der Waals surface area (Å²) in [6.07, 6.45) is 36.7. The monoisotopic (exact) mass is 732 g/mol. The molecule has 0 aliphatic carbocycles. The van der Waals surface area contributed by atoms with E-state index in [4.69, 9.17) is 9.47 Å². The van der Waals surface area contributed by atoms with Crippen LogP contribution in [0.5, 0.6) is 0 Å². The first kappa shape index (κ1) is 47.7. The van der Waals surface area contributed by atoms with Gasteiger partial charge < -0.3 is 40.3 Å². The SMILES string of the molecule is CC/C=C\C/C=C\C/C=C\C/C=C\C/C=C\CCCCCCCC(=O)NC(COC1OC(CO)C(O)C(O)C1O)C(O)/C=C/CCCCCCCC. The summed E-state index contributed by atoms with van der Waals surface area (Å²) in [5.74, 6) is -0.204. The van der Waals surface area contributed by atoms with Crippen LogP contribution in [0.25, 0.3) is 0 Å². The van der Waals surface area contributed by atoms with E-state index in [9.17, 15) is 30.3 Å². The number of hydrogen-bond acceptors (Lipinski definition) is 8. The summed E-state index contributed by atoms with van der Waals surface area (Å²) < 4.78 is 11.1. The molecule has 0 spiro atoms. The van der Waals surface area contributed by atoms with E-state index in [1.165, 1.54) is 25.7 Å². The molecule has 1 fully saturated rings. The van der Waals surface area contributed by atoms with Gasteiger partial charge in [-0.2, -0.15) is 0 Å². The topological polar surface area (TPSA) is 149 Å². The molecule has 0 aromatic rings. The van der Waals surface area contributed by atoms with Gasteiger partial charge in [-0.1, -0.05) is 138 Å². The van der Waals surface area contributed by atoms with Crippen LogP contribution in [0, 0.1) is 0 Å². The van der Waals surface area contributed by atoms with Crippen molar-refractivity contribution in [2.24, 2.45) is 0 Å². The van der Waals surface area contributed by atoms with E-state index in [1.54, 1.807) is 6.08 Å². The number of amides is 1. The van der Waals surface area contributed by atoms with Gasteiger partial charge in [0, 0.05) is 6.42 Å². The molecule has 1 aliphatic rings. The number of ether oxygens (including phenoxy) is 2. The number of nitrogens with one attached hydrogen (secondary N) is 1. The summed E-state index contributed by atoms with van der Waals surface area (Å²) in [6.45, 7) is 3.56. The highest BCUT2D eigenvalue weighted by Gasteiger charge is 2.44. The minimum Gasteiger partial charge on any atom is -0.394 e. The lowest BCUT2D eigenvalue weighted by Gasteiger charge is -2.40. The van der Waals surface area contributed by atoms with Crippen LogP contribution in [0.15, 0.2) is 72.9 Å². The predicted octanol–water partition coefficient (Wildman–Crippen LogP) is 7.44. The first-order valence-electron chi connectivity index (χ1n) is 20.2. The van der Waals surface area contributed by atoms with E-state index in [-0.39, 0.29) is 12.5 Å². The molecule has 1 aliphatic heterocycles. The van der Waals surface area contributed by atoms with Crippen LogP contribution in [-0.4, -0.2) is 87.5 Å². The lowest BCUT2D eigenvalue weighted by molar-refractivity contribution is -0.302. The van der Waals surface area contributed by atoms with E-state index in [1.807, 2.05) is 6.08 Å². The van der Waals surface area contributed by atoms with Gasteiger partial charge in [0.1, 0.15) is 24.4 Å². The van der Waals surface area contributed by atoms with Crippen molar-refractivity contribution in [2.75, 3.05) is 13.2 Å². The smallest absolute Gasteiger partial charge is 0.220 e. The van der Waals surface area contributed by atoms with E-state index in [0.717, 1.165) is 89.9 Å². The Bertz CT molecular complexity index is 1040. The Morgan fingerprint density at radius 3 is 1.77 bits per heavy atom. The fourth-order valence-electron chi connectivity index (χ4n) is 5.77. The first-order chi connectivity index (χ1) is 25.3. The maximum atomic E-state index is 12.9. The molecule has 1 rings (SSSR count). The van der Waals surface area contributed by atoms with Crippen molar-refractivity contribution in [1.29, 1.82) is 0 Å². The molecule has 0 aromatic heterocycles. The fourth-order valence-corrected chi connectivity index (χ4v) is 5.77. The second-order valence-electron chi connectivity index (χ2n) is 13.7. The van der Waals surface area contributed by atoms with Gasteiger partial charge in [-0.05, 0) is 64.2 Å².